The van der Waals surface area contributed by atoms with Crippen molar-refractivity contribution < 1.29 is 22.8 Å². The lowest BCUT2D eigenvalue weighted by Crippen LogP contribution is -2.27. The maximum absolute atomic E-state index is 12.8. The van der Waals surface area contributed by atoms with E-state index in [0.29, 0.717) is 17.7 Å². The molecule has 2 amide bonds. The zero-order valence-electron chi connectivity index (χ0n) is 14.4. The molecule has 0 fully saturated rings. The molecule has 26 heavy (non-hydrogen) atoms. The summed E-state index contributed by atoms with van der Waals surface area (Å²) in [5.74, 6) is -0.539. The zero-order chi connectivity index (χ0) is 19.3. The van der Waals surface area contributed by atoms with Crippen molar-refractivity contribution >= 4 is 11.8 Å². The van der Waals surface area contributed by atoms with Gasteiger partial charge in [0.1, 0.15) is 0 Å². The molecule has 138 valence electrons. The van der Waals surface area contributed by atoms with Crippen LogP contribution in [-0.2, 0) is 17.5 Å². The molecule has 2 aromatic rings. The van der Waals surface area contributed by atoms with Gasteiger partial charge in [-0.25, -0.2) is 0 Å². The second-order valence-corrected chi connectivity index (χ2v) is 5.93. The zero-order valence-corrected chi connectivity index (χ0v) is 14.4. The molecule has 0 bridgehead atoms. The topological polar surface area (TPSA) is 58.2 Å². The van der Waals surface area contributed by atoms with E-state index in [4.69, 9.17) is 0 Å². The predicted molar refractivity (Wildman–Crippen MR) is 91.3 cm³/mol. The first kappa shape index (κ1) is 19.5. The van der Waals surface area contributed by atoms with Crippen molar-refractivity contribution in [3.05, 3.63) is 70.8 Å². The number of alkyl halides is 3. The fourth-order valence-electron chi connectivity index (χ4n) is 2.35. The Kier molecular flexibility index (Phi) is 6.02. The molecule has 7 heteroatoms. The molecule has 0 aliphatic rings. The number of amides is 2. The van der Waals surface area contributed by atoms with Crippen LogP contribution in [0.15, 0.2) is 48.5 Å². The highest BCUT2D eigenvalue weighted by molar-refractivity contribution is 5.94. The second-order valence-electron chi connectivity index (χ2n) is 5.93. The fraction of sp³-hybridized carbons (Fsp3) is 0.263. The molecule has 4 nitrogen and oxygen atoms in total. The second kappa shape index (κ2) is 8.03. The normalized spacial score (nSPS) is 12.3. The van der Waals surface area contributed by atoms with E-state index in [-0.39, 0.29) is 11.8 Å². The van der Waals surface area contributed by atoms with E-state index in [1.54, 1.807) is 31.2 Å². The van der Waals surface area contributed by atoms with Crippen LogP contribution in [0, 0.1) is 0 Å². The number of benzene rings is 2. The fourth-order valence-corrected chi connectivity index (χ4v) is 2.35. The molecule has 0 aromatic heterocycles. The Bertz CT molecular complexity index is 786. The molecule has 0 heterocycles. The van der Waals surface area contributed by atoms with E-state index < -0.39 is 17.8 Å². The Labute approximate surface area is 149 Å². The number of halogens is 3. The van der Waals surface area contributed by atoms with E-state index >= 15 is 0 Å². The van der Waals surface area contributed by atoms with Gasteiger partial charge in [0, 0.05) is 19.0 Å². The molecule has 0 unspecified atom stereocenters. The third-order valence-electron chi connectivity index (χ3n) is 3.82. The van der Waals surface area contributed by atoms with Gasteiger partial charge in [0.05, 0.1) is 11.6 Å². The Hall–Kier alpha value is -2.83. The molecule has 0 radical (unpaired) electrons. The Balaban J connectivity index is 2.04. The summed E-state index contributed by atoms with van der Waals surface area (Å²) in [6.07, 6.45) is -4.43. The van der Waals surface area contributed by atoms with E-state index in [1.165, 1.54) is 19.1 Å². The highest BCUT2D eigenvalue weighted by Gasteiger charge is 2.30. The molecule has 1 atom stereocenters. The number of carbonyl (C=O) groups is 2. The lowest BCUT2D eigenvalue weighted by Gasteiger charge is -2.16. The van der Waals surface area contributed by atoms with Crippen molar-refractivity contribution in [3.8, 4) is 0 Å². The van der Waals surface area contributed by atoms with Crippen LogP contribution < -0.4 is 10.6 Å². The standard InChI is InChI=1S/C19H19F3N2O2/c1-12(16-4-3-5-17(10-16)19(20,21)22)24-18(26)15-8-6-14(7-9-15)11-23-13(2)25/h3-10,12H,11H2,1-2H3,(H,23,25)(H,24,26)/t12-/m0/s1. The Morgan fingerprint density at radius 3 is 2.31 bits per heavy atom. The first-order valence-corrected chi connectivity index (χ1v) is 7.98. The third kappa shape index (κ3) is 5.34. The van der Waals surface area contributed by atoms with Crippen LogP contribution in [0.3, 0.4) is 0 Å². The minimum atomic E-state index is -4.43. The molecule has 0 saturated carbocycles. The minimum absolute atomic E-state index is 0.151. The van der Waals surface area contributed by atoms with E-state index in [9.17, 15) is 22.8 Å². The van der Waals surface area contributed by atoms with Gasteiger partial charge < -0.3 is 10.6 Å². The van der Waals surface area contributed by atoms with Crippen molar-refractivity contribution in [1.82, 2.24) is 10.6 Å². The summed E-state index contributed by atoms with van der Waals surface area (Å²) < 4.78 is 38.4. The maximum Gasteiger partial charge on any atom is 0.416 e. The van der Waals surface area contributed by atoms with Crippen LogP contribution in [-0.4, -0.2) is 11.8 Å². The van der Waals surface area contributed by atoms with Gasteiger partial charge in [-0.05, 0) is 42.3 Å². The van der Waals surface area contributed by atoms with Crippen molar-refractivity contribution in [2.45, 2.75) is 32.6 Å². The quantitative estimate of drug-likeness (QED) is 0.847. The van der Waals surface area contributed by atoms with Crippen LogP contribution in [0.5, 0.6) is 0 Å². The summed E-state index contributed by atoms with van der Waals surface area (Å²) in [5, 5.41) is 5.34. The predicted octanol–water partition coefficient (Wildman–Crippen LogP) is 3.83. The Morgan fingerprint density at radius 2 is 1.73 bits per heavy atom. The smallest absolute Gasteiger partial charge is 0.352 e. The number of nitrogens with one attached hydrogen (secondary N) is 2. The number of rotatable bonds is 5. The number of hydrogen-bond donors (Lipinski definition) is 2. The molecular formula is C19H19F3N2O2. The average molecular weight is 364 g/mol. The van der Waals surface area contributed by atoms with Crippen LogP contribution in [0.25, 0.3) is 0 Å². The Morgan fingerprint density at radius 1 is 1.08 bits per heavy atom. The van der Waals surface area contributed by atoms with E-state index in [1.807, 2.05) is 0 Å². The van der Waals surface area contributed by atoms with Crippen molar-refractivity contribution in [3.63, 3.8) is 0 Å². The summed E-state index contributed by atoms with van der Waals surface area (Å²) in [5.41, 5.74) is 0.840. The van der Waals surface area contributed by atoms with E-state index in [0.717, 1.165) is 17.7 Å². The third-order valence-corrected chi connectivity index (χ3v) is 3.82. The van der Waals surface area contributed by atoms with Gasteiger partial charge in [0.25, 0.3) is 5.91 Å². The first-order valence-electron chi connectivity index (χ1n) is 7.98. The maximum atomic E-state index is 12.8. The lowest BCUT2D eigenvalue weighted by atomic mass is 10.0. The molecule has 0 spiro atoms. The average Bonchev–Trinajstić information content (AvgIpc) is 2.59. The summed E-state index contributed by atoms with van der Waals surface area (Å²) in [6.45, 7) is 3.40. The van der Waals surface area contributed by atoms with Crippen molar-refractivity contribution in [2.24, 2.45) is 0 Å². The number of carbonyl (C=O) groups excluding carboxylic acids is 2. The highest BCUT2D eigenvalue weighted by Crippen LogP contribution is 2.30. The molecule has 2 N–H and O–H groups in total. The molecule has 0 aliphatic heterocycles. The lowest BCUT2D eigenvalue weighted by molar-refractivity contribution is -0.137. The van der Waals surface area contributed by atoms with Gasteiger partial charge in [-0.2, -0.15) is 13.2 Å². The molecule has 0 saturated heterocycles. The summed E-state index contributed by atoms with van der Waals surface area (Å²) in [7, 11) is 0. The van der Waals surface area contributed by atoms with Gasteiger partial charge in [0.15, 0.2) is 0 Å². The summed E-state index contributed by atoms with van der Waals surface area (Å²) in [6, 6.07) is 10.9. The summed E-state index contributed by atoms with van der Waals surface area (Å²) >= 11 is 0. The SMILES string of the molecule is CC(=O)NCc1ccc(C(=O)N[C@@H](C)c2cccc(C(F)(F)F)c2)cc1. The van der Waals surface area contributed by atoms with Gasteiger partial charge in [0.2, 0.25) is 5.91 Å². The largest absolute Gasteiger partial charge is 0.416 e. The van der Waals surface area contributed by atoms with Crippen LogP contribution in [0.2, 0.25) is 0 Å². The van der Waals surface area contributed by atoms with Gasteiger partial charge >= 0.3 is 6.18 Å². The van der Waals surface area contributed by atoms with Gasteiger partial charge in [-0.1, -0.05) is 24.3 Å². The van der Waals surface area contributed by atoms with Gasteiger partial charge in [-0.3, -0.25) is 9.59 Å². The van der Waals surface area contributed by atoms with Gasteiger partial charge in [-0.15, -0.1) is 0 Å². The highest BCUT2D eigenvalue weighted by atomic mass is 19.4. The molecule has 2 rings (SSSR count). The van der Waals surface area contributed by atoms with Crippen LogP contribution >= 0.6 is 0 Å². The monoisotopic (exact) mass is 364 g/mol. The molecular weight excluding hydrogens is 345 g/mol. The number of hydrogen-bond acceptors (Lipinski definition) is 2. The van der Waals surface area contributed by atoms with E-state index in [2.05, 4.69) is 10.6 Å². The van der Waals surface area contributed by atoms with Crippen molar-refractivity contribution in [2.75, 3.05) is 0 Å². The molecule has 0 aliphatic carbocycles. The molecule has 2 aromatic carbocycles. The first-order chi connectivity index (χ1) is 12.2. The minimum Gasteiger partial charge on any atom is -0.352 e. The summed E-state index contributed by atoms with van der Waals surface area (Å²) in [4.78, 5) is 23.2. The van der Waals surface area contributed by atoms with Crippen LogP contribution in [0.1, 0.15) is 46.9 Å². The van der Waals surface area contributed by atoms with Crippen molar-refractivity contribution in [1.29, 1.82) is 0 Å². The van der Waals surface area contributed by atoms with Crippen LogP contribution in [0.4, 0.5) is 13.2 Å².